The van der Waals surface area contributed by atoms with Crippen molar-refractivity contribution in [3.8, 4) is 0 Å². The number of benzene rings is 2. The standard InChI is InChI=1S/C19H24N2S/c1-3-17-13-7-9-15(2)18(17)21-19(22)20-14-8-12-16-10-5-4-6-11-16/h4-7,9-11,13H,3,8,12,14H2,1-2H3,(H2,20,21,22). The van der Waals surface area contributed by atoms with Crippen LogP contribution in [0.2, 0.25) is 0 Å². The molecule has 0 amide bonds. The number of thiocarbonyl (C=S) groups is 1. The molecule has 2 N–H and O–H groups in total. The summed E-state index contributed by atoms with van der Waals surface area (Å²) in [5.74, 6) is 0. The van der Waals surface area contributed by atoms with Gasteiger partial charge in [0.25, 0.3) is 0 Å². The highest BCUT2D eigenvalue weighted by molar-refractivity contribution is 7.80. The average Bonchev–Trinajstić information content (AvgIpc) is 2.54. The Morgan fingerprint density at radius 3 is 2.55 bits per heavy atom. The van der Waals surface area contributed by atoms with Gasteiger partial charge >= 0.3 is 0 Å². The second kappa shape index (κ2) is 8.54. The van der Waals surface area contributed by atoms with Gasteiger partial charge in [-0.3, -0.25) is 0 Å². The first kappa shape index (κ1) is 16.5. The third-order valence-electron chi connectivity index (χ3n) is 3.75. The maximum absolute atomic E-state index is 5.41. The maximum atomic E-state index is 5.41. The Balaban J connectivity index is 1.79. The highest BCUT2D eigenvalue weighted by Gasteiger charge is 2.05. The Kier molecular flexibility index (Phi) is 6.41. The van der Waals surface area contributed by atoms with Crippen LogP contribution in [0.1, 0.15) is 30.0 Å². The molecule has 116 valence electrons. The summed E-state index contributed by atoms with van der Waals surface area (Å²) < 4.78 is 0. The zero-order valence-corrected chi connectivity index (χ0v) is 14.2. The monoisotopic (exact) mass is 312 g/mol. The van der Waals surface area contributed by atoms with E-state index in [1.165, 1.54) is 16.7 Å². The molecule has 22 heavy (non-hydrogen) atoms. The molecule has 2 rings (SSSR count). The van der Waals surface area contributed by atoms with Crippen molar-refractivity contribution in [1.29, 1.82) is 0 Å². The molecule has 0 saturated carbocycles. The van der Waals surface area contributed by atoms with Crippen LogP contribution in [0.25, 0.3) is 0 Å². The van der Waals surface area contributed by atoms with E-state index in [1.807, 2.05) is 6.07 Å². The predicted octanol–water partition coefficient (Wildman–Crippen LogP) is 4.48. The van der Waals surface area contributed by atoms with Crippen molar-refractivity contribution >= 4 is 23.0 Å². The van der Waals surface area contributed by atoms with Crippen LogP contribution in [0.15, 0.2) is 48.5 Å². The minimum absolute atomic E-state index is 0.706. The molecule has 0 spiro atoms. The Labute approximate surface area is 139 Å². The summed E-state index contributed by atoms with van der Waals surface area (Å²) in [6.45, 7) is 5.16. The third-order valence-corrected chi connectivity index (χ3v) is 4.00. The van der Waals surface area contributed by atoms with Gasteiger partial charge in [-0.25, -0.2) is 0 Å². The van der Waals surface area contributed by atoms with Crippen molar-refractivity contribution in [2.45, 2.75) is 33.1 Å². The lowest BCUT2D eigenvalue weighted by Gasteiger charge is -2.15. The minimum atomic E-state index is 0.706. The molecule has 2 aromatic carbocycles. The van der Waals surface area contributed by atoms with E-state index in [0.29, 0.717) is 5.11 Å². The minimum Gasteiger partial charge on any atom is -0.362 e. The van der Waals surface area contributed by atoms with E-state index in [4.69, 9.17) is 12.2 Å². The van der Waals surface area contributed by atoms with Crippen LogP contribution in [0.5, 0.6) is 0 Å². The molecule has 0 atom stereocenters. The highest BCUT2D eigenvalue weighted by atomic mass is 32.1. The molecule has 0 saturated heterocycles. The first-order valence-corrected chi connectivity index (χ1v) is 8.28. The summed E-state index contributed by atoms with van der Waals surface area (Å²) in [5, 5.41) is 7.35. The summed E-state index contributed by atoms with van der Waals surface area (Å²) in [6, 6.07) is 16.9. The molecular weight excluding hydrogens is 288 g/mol. The van der Waals surface area contributed by atoms with E-state index in [2.05, 4.69) is 66.9 Å². The van der Waals surface area contributed by atoms with E-state index in [1.54, 1.807) is 0 Å². The van der Waals surface area contributed by atoms with Crippen LogP contribution in [0.3, 0.4) is 0 Å². The topological polar surface area (TPSA) is 24.1 Å². The van der Waals surface area contributed by atoms with Gasteiger partial charge in [-0.1, -0.05) is 55.5 Å². The molecule has 0 heterocycles. The fraction of sp³-hybridized carbons (Fsp3) is 0.316. The zero-order valence-electron chi connectivity index (χ0n) is 13.4. The molecule has 2 aromatic rings. The highest BCUT2D eigenvalue weighted by Crippen LogP contribution is 2.20. The number of hydrogen-bond donors (Lipinski definition) is 2. The van der Waals surface area contributed by atoms with Crippen molar-refractivity contribution in [1.82, 2.24) is 5.32 Å². The first-order chi connectivity index (χ1) is 10.7. The van der Waals surface area contributed by atoms with E-state index in [0.717, 1.165) is 31.5 Å². The van der Waals surface area contributed by atoms with E-state index < -0.39 is 0 Å². The lowest BCUT2D eigenvalue weighted by atomic mass is 10.1. The molecule has 0 aromatic heterocycles. The summed E-state index contributed by atoms with van der Waals surface area (Å²) in [4.78, 5) is 0. The maximum Gasteiger partial charge on any atom is 0.170 e. The van der Waals surface area contributed by atoms with Crippen LogP contribution >= 0.6 is 12.2 Å². The number of rotatable bonds is 6. The van der Waals surface area contributed by atoms with Crippen LogP contribution in [-0.4, -0.2) is 11.7 Å². The lowest BCUT2D eigenvalue weighted by molar-refractivity contribution is 0.777. The second-order valence-corrected chi connectivity index (χ2v) is 5.84. The van der Waals surface area contributed by atoms with E-state index >= 15 is 0 Å². The van der Waals surface area contributed by atoms with Crippen molar-refractivity contribution in [2.24, 2.45) is 0 Å². The SMILES string of the molecule is CCc1cccc(C)c1NC(=S)NCCCc1ccccc1. The van der Waals surface area contributed by atoms with E-state index in [-0.39, 0.29) is 0 Å². The Hall–Kier alpha value is -1.87. The van der Waals surface area contributed by atoms with Gasteiger partial charge < -0.3 is 10.6 Å². The second-order valence-electron chi connectivity index (χ2n) is 5.43. The first-order valence-electron chi connectivity index (χ1n) is 7.88. The van der Waals surface area contributed by atoms with Gasteiger partial charge in [0.2, 0.25) is 0 Å². The average molecular weight is 312 g/mol. The van der Waals surface area contributed by atoms with E-state index in [9.17, 15) is 0 Å². The van der Waals surface area contributed by atoms with Crippen LogP contribution in [0, 0.1) is 6.92 Å². The quantitative estimate of drug-likeness (QED) is 0.607. The molecule has 3 heteroatoms. The molecule has 0 fully saturated rings. The summed E-state index contributed by atoms with van der Waals surface area (Å²) in [7, 11) is 0. The largest absolute Gasteiger partial charge is 0.362 e. The summed E-state index contributed by atoms with van der Waals surface area (Å²) in [5.41, 5.74) is 5.04. The lowest BCUT2D eigenvalue weighted by Crippen LogP contribution is -2.30. The molecule has 0 radical (unpaired) electrons. The van der Waals surface area contributed by atoms with Crippen molar-refractivity contribution < 1.29 is 0 Å². The van der Waals surface area contributed by atoms with Gasteiger partial charge in [0, 0.05) is 12.2 Å². The predicted molar refractivity (Wildman–Crippen MR) is 99.5 cm³/mol. The Bertz CT molecular complexity index is 608. The zero-order chi connectivity index (χ0) is 15.8. The van der Waals surface area contributed by atoms with Gasteiger partial charge in [0.1, 0.15) is 0 Å². The molecule has 0 aliphatic rings. The smallest absolute Gasteiger partial charge is 0.170 e. The molecular formula is C19H24N2S. The van der Waals surface area contributed by atoms with Gasteiger partial charge in [-0.15, -0.1) is 0 Å². The molecule has 0 bridgehead atoms. The number of hydrogen-bond acceptors (Lipinski definition) is 1. The van der Waals surface area contributed by atoms with Crippen molar-refractivity contribution in [3.05, 3.63) is 65.2 Å². The molecule has 2 nitrogen and oxygen atoms in total. The summed E-state index contributed by atoms with van der Waals surface area (Å²) in [6.07, 6.45) is 3.14. The summed E-state index contributed by atoms with van der Waals surface area (Å²) >= 11 is 5.41. The molecule has 0 aliphatic carbocycles. The third kappa shape index (κ3) is 4.85. The van der Waals surface area contributed by atoms with Crippen LogP contribution in [0.4, 0.5) is 5.69 Å². The van der Waals surface area contributed by atoms with Crippen LogP contribution in [-0.2, 0) is 12.8 Å². The number of aryl methyl sites for hydroxylation is 3. The number of para-hydroxylation sites is 1. The molecule has 0 unspecified atom stereocenters. The van der Waals surface area contributed by atoms with Gasteiger partial charge in [0.15, 0.2) is 5.11 Å². The number of anilines is 1. The Morgan fingerprint density at radius 2 is 1.82 bits per heavy atom. The fourth-order valence-electron chi connectivity index (χ4n) is 2.50. The van der Waals surface area contributed by atoms with Crippen LogP contribution < -0.4 is 10.6 Å². The Morgan fingerprint density at radius 1 is 1.05 bits per heavy atom. The fourth-order valence-corrected chi connectivity index (χ4v) is 2.70. The van der Waals surface area contributed by atoms with Gasteiger partial charge in [0.05, 0.1) is 0 Å². The van der Waals surface area contributed by atoms with Gasteiger partial charge in [-0.05, 0) is 55.1 Å². The normalized spacial score (nSPS) is 10.3. The van der Waals surface area contributed by atoms with Crippen molar-refractivity contribution in [3.63, 3.8) is 0 Å². The van der Waals surface area contributed by atoms with Gasteiger partial charge in [-0.2, -0.15) is 0 Å². The number of nitrogens with one attached hydrogen (secondary N) is 2. The molecule has 0 aliphatic heterocycles. The van der Waals surface area contributed by atoms with Crippen molar-refractivity contribution in [2.75, 3.05) is 11.9 Å².